The Morgan fingerprint density at radius 3 is 2.77 bits per heavy atom. The van der Waals surface area contributed by atoms with E-state index in [1.165, 1.54) is 0 Å². The molecule has 0 aliphatic rings. The van der Waals surface area contributed by atoms with Crippen molar-refractivity contribution < 1.29 is 9.26 Å². The van der Waals surface area contributed by atoms with Gasteiger partial charge in [0, 0.05) is 33.0 Å². The molecule has 1 aromatic heterocycles. The summed E-state index contributed by atoms with van der Waals surface area (Å²) in [6.45, 7) is 8.12. The smallest absolute Gasteiger partial charge is 0.228 e. The molecule has 0 saturated heterocycles. The highest BCUT2D eigenvalue weighted by Gasteiger charge is 2.10. The maximum absolute atomic E-state index is 5.84. The van der Waals surface area contributed by atoms with Crippen LogP contribution in [-0.2, 0) is 6.42 Å². The summed E-state index contributed by atoms with van der Waals surface area (Å²) in [7, 11) is 3.75. The summed E-state index contributed by atoms with van der Waals surface area (Å²) in [6.07, 6.45) is 0.659. The van der Waals surface area contributed by atoms with Gasteiger partial charge in [-0.15, -0.1) is 0 Å². The van der Waals surface area contributed by atoms with E-state index in [2.05, 4.69) is 20.4 Å². The summed E-state index contributed by atoms with van der Waals surface area (Å²) < 4.78 is 11.1. The van der Waals surface area contributed by atoms with Crippen molar-refractivity contribution in [2.24, 2.45) is 4.99 Å². The Hall–Kier alpha value is -2.57. The van der Waals surface area contributed by atoms with Gasteiger partial charge in [-0.1, -0.05) is 37.2 Å². The normalized spacial score (nSPS) is 11.7. The van der Waals surface area contributed by atoms with Crippen LogP contribution in [0.3, 0.4) is 0 Å². The number of aromatic nitrogens is 2. The van der Waals surface area contributed by atoms with Gasteiger partial charge in [0.2, 0.25) is 5.89 Å². The Labute approximate surface area is 155 Å². The van der Waals surface area contributed by atoms with Crippen LogP contribution in [0.1, 0.15) is 37.0 Å². The van der Waals surface area contributed by atoms with Crippen molar-refractivity contribution in [2.75, 3.05) is 33.8 Å². The summed E-state index contributed by atoms with van der Waals surface area (Å²) in [5.74, 6) is 3.38. The standard InChI is InChI=1S/C19H29N5O2/c1-14(2)18-22-17(26-23-18)10-11-21-19(20-4)24(5)12-13-25-16-9-7-6-8-15(16)3/h6-9,14H,10-13H2,1-5H3,(H,20,21). The fourth-order valence-electron chi connectivity index (χ4n) is 2.39. The average Bonchev–Trinajstić information content (AvgIpc) is 3.09. The minimum atomic E-state index is 0.271. The van der Waals surface area contributed by atoms with Crippen LogP contribution in [0, 0.1) is 6.92 Å². The molecule has 1 heterocycles. The predicted molar refractivity (Wildman–Crippen MR) is 103 cm³/mol. The van der Waals surface area contributed by atoms with E-state index in [9.17, 15) is 0 Å². The molecule has 1 aromatic carbocycles. The molecule has 0 aliphatic heterocycles. The molecule has 1 N–H and O–H groups in total. The van der Waals surface area contributed by atoms with E-state index in [4.69, 9.17) is 9.26 Å². The monoisotopic (exact) mass is 359 g/mol. The maximum Gasteiger partial charge on any atom is 0.228 e. The minimum absolute atomic E-state index is 0.271. The largest absolute Gasteiger partial charge is 0.491 e. The maximum atomic E-state index is 5.84. The van der Waals surface area contributed by atoms with Crippen LogP contribution in [0.2, 0.25) is 0 Å². The molecule has 2 aromatic rings. The van der Waals surface area contributed by atoms with Crippen molar-refractivity contribution in [3.8, 4) is 5.75 Å². The number of hydrogen-bond acceptors (Lipinski definition) is 5. The fraction of sp³-hybridized carbons (Fsp3) is 0.526. The molecule has 7 nitrogen and oxygen atoms in total. The van der Waals surface area contributed by atoms with Crippen molar-refractivity contribution in [3.05, 3.63) is 41.5 Å². The number of benzene rings is 1. The number of hydrogen-bond donors (Lipinski definition) is 1. The van der Waals surface area contributed by atoms with E-state index in [0.717, 1.165) is 29.6 Å². The van der Waals surface area contributed by atoms with Gasteiger partial charge in [-0.3, -0.25) is 4.99 Å². The highest BCUT2D eigenvalue weighted by Crippen LogP contribution is 2.15. The molecule has 0 bridgehead atoms. The number of ether oxygens (including phenoxy) is 1. The van der Waals surface area contributed by atoms with Crippen LogP contribution in [-0.4, -0.2) is 54.8 Å². The Morgan fingerprint density at radius 2 is 2.12 bits per heavy atom. The second-order valence-electron chi connectivity index (χ2n) is 6.46. The van der Waals surface area contributed by atoms with Crippen molar-refractivity contribution in [3.63, 3.8) is 0 Å². The zero-order valence-electron chi connectivity index (χ0n) is 16.3. The number of aryl methyl sites for hydroxylation is 1. The second kappa shape index (κ2) is 9.79. The summed E-state index contributed by atoms with van der Waals surface area (Å²) in [6, 6.07) is 8.02. The van der Waals surface area contributed by atoms with E-state index in [-0.39, 0.29) is 5.92 Å². The van der Waals surface area contributed by atoms with Crippen molar-refractivity contribution in [1.29, 1.82) is 0 Å². The van der Waals surface area contributed by atoms with Gasteiger partial charge in [0.15, 0.2) is 11.8 Å². The lowest BCUT2D eigenvalue weighted by Crippen LogP contribution is -2.41. The van der Waals surface area contributed by atoms with Gasteiger partial charge >= 0.3 is 0 Å². The van der Waals surface area contributed by atoms with E-state index >= 15 is 0 Å². The molecular formula is C19H29N5O2. The summed E-state index contributed by atoms with van der Waals surface area (Å²) in [5, 5.41) is 7.28. The minimum Gasteiger partial charge on any atom is -0.491 e. The molecule has 26 heavy (non-hydrogen) atoms. The van der Waals surface area contributed by atoms with Gasteiger partial charge in [0.05, 0.1) is 6.54 Å². The SMILES string of the molecule is CN=C(NCCc1nc(C(C)C)no1)N(C)CCOc1ccccc1C. The van der Waals surface area contributed by atoms with E-state index in [0.29, 0.717) is 25.5 Å². The zero-order valence-corrected chi connectivity index (χ0v) is 16.3. The first kappa shape index (κ1) is 19.8. The van der Waals surface area contributed by atoms with Gasteiger partial charge in [0.25, 0.3) is 0 Å². The van der Waals surface area contributed by atoms with Crippen LogP contribution in [0.4, 0.5) is 0 Å². The highest BCUT2D eigenvalue weighted by atomic mass is 16.5. The molecule has 0 amide bonds. The van der Waals surface area contributed by atoms with E-state index < -0.39 is 0 Å². The molecule has 2 rings (SSSR count). The van der Waals surface area contributed by atoms with Crippen LogP contribution in [0.15, 0.2) is 33.8 Å². The van der Waals surface area contributed by atoms with Crippen LogP contribution >= 0.6 is 0 Å². The second-order valence-corrected chi connectivity index (χ2v) is 6.46. The third kappa shape index (κ3) is 5.75. The Bertz CT molecular complexity index is 711. The van der Waals surface area contributed by atoms with Crippen LogP contribution in [0.5, 0.6) is 5.75 Å². The number of rotatable bonds is 8. The Balaban J connectivity index is 1.74. The van der Waals surface area contributed by atoms with Crippen LogP contribution < -0.4 is 10.1 Å². The number of aliphatic imine (C=N–C) groups is 1. The molecular weight excluding hydrogens is 330 g/mol. The van der Waals surface area contributed by atoms with Gasteiger partial charge in [-0.05, 0) is 18.6 Å². The first-order valence-electron chi connectivity index (χ1n) is 8.94. The third-order valence-corrected chi connectivity index (χ3v) is 3.97. The molecule has 0 radical (unpaired) electrons. The topological polar surface area (TPSA) is 75.8 Å². The fourth-order valence-corrected chi connectivity index (χ4v) is 2.39. The average molecular weight is 359 g/mol. The number of nitrogens with one attached hydrogen (secondary N) is 1. The molecule has 0 aliphatic carbocycles. The molecule has 0 unspecified atom stereocenters. The number of nitrogens with zero attached hydrogens (tertiary/aromatic N) is 4. The molecule has 7 heteroatoms. The summed E-state index contributed by atoms with van der Waals surface area (Å²) in [4.78, 5) is 10.7. The highest BCUT2D eigenvalue weighted by molar-refractivity contribution is 5.79. The summed E-state index contributed by atoms with van der Waals surface area (Å²) >= 11 is 0. The molecule has 0 spiro atoms. The molecule has 142 valence electrons. The van der Waals surface area contributed by atoms with Gasteiger partial charge in [-0.25, -0.2) is 0 Å². The zero-order chi connectivity index (χ0) is 18.9. The van der Waals surface area contributed by atoms with Crippen molar-refractivity contribution in [1.82, 2.24) is 20.4 Å². The van der Waals surface area contributed by atoms with E-state index in [1.54, 1.807) is 7.05 Å². The lowest BCUT2D eigenvalue weighted by molar-refractivity contribution is 0.279. The Morgan fingerprint density at radius 1 is 1.35 bits per heavy atom. The lowest BCUT2D eigenvalue weighted by atomic mass is 10.2. The summed E-state index contributed by atoms with van der Waals surface area (Å²) in [5.41, 5.74) is 1.14. The molecule has 0 atom stereocenters. The number of para-hydroxylation sites is 1. The van der Waals surface area contributed by atoms with Crippen molar-refractivity contribution >= 4 is 5.96 Å². The Kier molecular flexibility index (Phi) is 7.44. The predicted octanol–water partition coefficient (Wildman–Crippen LogP) is 2.63. The quantitative estimate of drug-likeness (QED) is 0.577. The third-order valence-electron chi connectivity index (χ3n) is 3.97. The van der Waals surface area contributed by atoms with Crippen molar-refractivity contribution in [2.45, 2.75) is 33.1 Å². The first-order valence-corrected chi connectivity index (χ1v) is 8.94. The molecule has 0 fully saturated rings. The number of likely N-dealkylation sites (N-methyl/N-ethyl adjacent to an activating group) is 1. The first-order chi connectivity index (χ1) is 12.5. The number of guanidine groups is 1. The lowest BCUT2D eigenvalue weighted by Gasteiger charge is -2.22. The van der Waals surface area contributed by atoms with Gasteiger partial charge in [0.1, 0.15) is 12.4 Å². The van der Waals surface area contributed by atoms with E-state index in [1.807, 2.05) is 57.0 Å². The van der Waals surface area contributed by atoms with Gasteiger partial charge in [-0.2, -0.15) is 4.98 Å². The molecule has 0 saturated carbocycles. The van der Waals surface area contributed by atoms with Crippen LogP contribution in [0.25, 0.3) is 0 Å². The van der Waals surface area contributed by atoms with Gasteiger partial charge < -0.3 is 19.5 Å².